The van der Waals surface area contributed by atoms with Crippen molar-refractivity contribution in [1.82, 2.24) is 0 Å². The number of hydrogen-bond acceptors (Lipinski definition) is 2. The van der Waals surface area contributed by atoms with E-state index in [-0.39, 0.29) is 0 Å². The maximum Gasteiger partial charge on any atom is 0.113 e. The lowest BCUT2D eigenvalue weighted by Crippen LogP contribution is -1.96. The molecule has 0 saturated carbocycles. The summed E-state index contributed by atoms with van der Waals surface area (Å²) in [7, 11) is 0. The average molecular weight is 354 g/mol. The SMILES string of the molecule is OC(c1ccc2ccccc2c1)c1cc(Cl)c(Br)s1. The van der Waals surface area contributed by atoms with Crippen LogP contribution in [0.4, 0.5) is 0 Å². The summed E-state index contributed by atoms with van der Waals surface area (Å²) in [5.41, 5.74) is 0.879. The third-order valence-electron chi connectivity index (χ3n) is 3.02. The zero-order valence-corrected chi connectivity index (χ0v) is 13.0. The van der Waals surface area contributed by atoms with Gasteiger partial charge >= 0.3 is 0 Å². The maximum atomic E-state index is 10.4. The van der Waals surface area contributed by atoms with Crippen molar-refractivity contribution in [2.24, 2.45) is 0 Å². The van der Waals surface area contributed by atoms with Gasteiger partial charge in [0.25, 0.3) is 0 Å². The van der Waals surface area contributed by atoms with Gasteiger partial charge in [-0.3, -0.25) is 0 Å². The molecule has 1 N–H and O–H groups in total. The first-order valence-corrected chi connectivity index (χ1v) is 7.75. The molecule has 1 aromatic heterocycles. The van der Waals surface area contributed by atoms with Crippen molar-refractivity contribution < 1.29 is 5.11 Å². The Bertz CT molecular complexity index is 718. The van der Waals surface area contributed by atoms with Crippen molar-refractivity contribution in [3.05, 3.63) is 67.8 Å². The number of thiophene rings is 1. The van der Waals surface area contributed by atoms with E-state index in [0.717, 1.165) is 19.6 Å². The summed E-state index contributed by atoms with van der Waals surface area (Å²) in [4.78, 5) is 0.840. The molecule has 4 heteroatoms. The van der Waals surface area contributed by atoms with E-state index in [0.29, 0.717) is 5.02 Å². The summed E-state index contributed by atoms with van der Waals surface area (Å²) in [5.74, 6) is 0. The quantitative estimate of drug-likeness (QED) is 0.654. The van der Waals surface area contributed by atoms with E-state index in [1.165, 1.54) is 16.7 Å². The predicted octanol–water partition coefficient (Wildman–Crippen LogP) is 5.40. The number of aliphatic hydroxyl groups is 1. The minimum atomic E-state index is -0.640. The Morgan fingerprint density at radius 3 is 2.47 bits per heavy atom. The van der Waals surface area contributed by atoms with Crippen LogP contribution in [0.1, 0.15) is 16.5 Å². The van der Waals surface area contributed by atoms with Gasteiger partial charge in [-0.1, -0.05) is 48.0 Å². The Kier molecular flexibility index (Phi) is 3.63. The first-order valence-electron chi connectivity index (χ1n) is 5.76. The average Bonchev–Trinajstić information content (AvgIpc) is 2.77. The normalized spacial score (nSPS) is 12.8. The molecule has 19 heavy (non-hydrogen) atoms. The second-order valence-electron chi connectivity index (χ2n) is 4.28. The van der Waals surface area contributed by atoms with Crippen LogP contribution in [-0.2, 0) is 0 Å². The van der Waals surface area contributed by atoms with Crippen LogP contribution in [0.5, 0.6) is 0 Å². The number of rotatable bonds is 2. The predicted molar refractivity (Wildman–Crippen MR) is 85.0 cm³/mol. The Morgan fingerprint density at radius 2 is 1.79 bits per heavy atom. The number of halogens is 2. The molecule has 1 unspecified atom stereocenters. The smallest absolute Gasteiger partial charge is 0.113 e. The van der Waals surface area contributed by atoms with E-state index in [9.17, 15) is 5.11 Å². The van der Waals surface area contributed by atoms with E-state index >= 15 is 0 Å². The maximum absolute atomic E-state index is 10.4. The summed E-state index contributed by atoms with van der Waals surface area (Å²) in [6.07, 6.45) is -0.640. The van der Waals surface area contributed by atoms with Gasteiger partial charge in [-0.2, -0.15) is 0 Å². The summed E-state index contributed by atoms with van der Waals surface area (Å²) < 4.78 is 0.851. The zero-order chi connectivity index (χ0) is 13.4. The van der Waals surface area contributed by atoms with Crippen molar-refractivity contribution >= 4 is 49.6 Å². The van der Waals surface area contributed by atoms with E-state index < -0.39 is 6.10 Å². The minimum Gasteiger partial charge on any atom is -0.383 e. The van der Waals surface area contributed by atoms with Gasteiger partial charge in [0.05, 0.1) is 8.81 Å². The molecular weight excluding hydrogens is 344 g/mol. The molecule has 2 aromatic carbocycles. The van der Waals surface area contributed by atoms with Crippen LogP contribution in [0, 0.1) is 0 Å². The van der Waals surface area contributed by atoms with E-state index in [1.807, 2.05) is 36.4 Å². The first-order chi connectivity index (χ1) is 9.15. The molecule has 0 saturated heterocycles. The Hall–Kier alpha value is -0.870. The van der Waals surface area contributed by atoms with Crippen molar-refractivity contribution in [3.8, 4) is 0 Å². The fourth-order valence-corrected chi connectivity index (χ4v) is 3.80. The van der Waals surface area contributed by atoms with Crippen LogP contribution >= 0.6 is 38.9 Å². The van der Waals surface area contributed by atoms with E-state index in [1.54, 1.807) is 6.07 Å². The van der Waals surface area contributed by atoms with Crippen molar-refractivity contribution in [2.45, 2.75) is 6.10 Å². The lowest BCUT2D eigenvalue weighted by atomic mass is 10.0. The van der Waals surface area contributed by atoms with Gasteiger partial charge in [-0.15, -0.1) is 11.3 Å². The third kappa shape index (κ3) is 2.56. The standard InChI is InChI=1S/C15H10BrClOS/c16-15-12(17)8-13(19-15)14(18)11-6-5-9-3-1-2-4-10(9)7-11/h1-8,14,18H. The molecule has 1 atom stereocenters. The second kappa shape index (κ2) is 5.25. The molecule has 1 nitrogen and oxygen atoms in total. The van der Waals surface area contributed by atoms with Gasteiger partial charge in [0.2, 0.25) is 0 Å². The molecule has 96 valence electrons. The summed E-state index contributed by atoms with van der Waals surface area (Å²) in [5, 5.41) is 13.4. The van der Waals surface area contributed by atoms with Gasteiger partial charge in [-0.25, -0.2) is 0 Å². The van der Waals surface area contributed by atoms with Crippen LogP contribution in [0.3, 0.4) is 0 Å². The molecule has 3 aromatic rings. The highest BCUT2D eigenvalue weighted by Gasteiger charge is 2.15. The lowest BCUT2D eigenvalue weighted by molar-refractivity contribution is 0.224. The highest BCUT2D eigenvalue weighted by molar-refractivity contribution is 9.11. The molecule has 3 rings (SSSR count). The number of aliphatic hydroxyl groups excluding tert-OH is 1. The van der Waals surface area contributed by atoms with E-state index in [4.69, 9.17) is 11.6 Å². The third-order valence-corrected chi connectivity index (χ3v) is 5.55. The molecule has 0 radical (unpaired) electrons. The Labute approximate surface area is 128 Å². The number of fused-ring (bicyclic) bond motifs is 1. The van der Waals surface area contributed by atoms with Gasteiger partial charge in [0.15, 0.2) is 0 Å². The van der Waals surface area contributed by atoms with Gasteiger partial charge in [0.1, 0.15) is 6.10 Å². The summed E-state index contributed by atoms with van der Waals surface area (Å²) >= 11 is 10.8. The van der Waals surface area contributed by atoms with E-state index in [2.05, 4.69) is 22.0 Å². The van der Waals surface area contributed by atoms with Crippen LogP contribution in [-0.4, -0.2) is 5.11 Å². The van der Waals surface area contributed by atoms with Gasteiger partial charge in [-0.05, 0) is 44.4 Å². The van der Waals surface area contributed by atoms with Crippen LogP contribution in [0.25, 0.3) is 10.8 Å². The molecular formula is C15H10BrClOS. The molecule has 0 aliphatic rings. The van der Waals surface area contributed by atoms with Crippen molar-refractivity contribution in [2.75, 3.05) is 0 Å². The lowest BCUT2D eigenvalue weighted by Gasteiger charge is -2.10. The zero-order valence-electron chi connectivity index (χ0n) is 9.81. The Balaban J connectivity index is 2.03. The highest BCUT2D eigenvalue weighted by atomic mass is 79.9. The monoisotopic (exact) mass is 352 g/mol. The van der Waals surface area contributed by atoms with Crippen LogP contribution in [0.15, 0.2) is 52.3 Å². The minimum absolute atomic E-state index is 0.639. The molecule has 0 aliphatic heterocycles. The van der Waals surface area contributed by atoms with Gasteiger partial charge < -0.3 is 5.11 Å². The molecule has 0 aliphatic carbocycles. The molecule has 0 amide bonds. The largest absolute Gasteiger partial charge is 0.383 e. The second-order valence-corrected chi connectivity index (χ2v) is 7.09. The topological polar surface area (TPSA) is 20.2 Å². The molecule has 0 spiro atoms. The molecule has 0 bridgehead atoms. The summed E-state index contributed by atoms with van der Waals surface area (Å²) in [6.45, 7) is 0. The van der Waals surface area contributed by atoms with Gasteiger partial charge in [0, 0.05) is 4.88 Å². The van der Waals surface area contributed by atoms with Crippen LogP contribution in [0.2, 0.25) is 5.02 Å². The van der Waals surface area contributed by atoms with Crippen molar-refractivity contribution in [1.29, 1.82) is 0 Å². The fourth-order valence-electron chi connectivity index (χ4n) is 2.04. The number of benzene rings is 2. The highest BCUT2D eigenvalue weighted by Crippen LogP contribution is 2.37. The molecule has 1 heterocycles. The Morgan fingerprint density at radius 1 is 1.05 bits per heavy atom. The molecule has 0 fully saturated rings. The summed E-state index contributed by atoms with van der Waals surface area (Å²) in [6, 6.07) is 15.9. The van der Waals surface area contributed by atoms with Crippen molar-refractivity contribution in [3.63, 3.8) is 0 Å². The fraction of sp³-hybridized carbons (Fsp3) is 0.0667. The first kappa shape index (κ1) is 13.1. The number of hydrogen-bond donors (Lipinski definition) is 1. The van der Waals surface area contributed by atoms with Crippen LogP contribution < -0.4 is 0 Å².